The molecule has 1 N–H and O–H groups in total. The van der Waals surface area contributed by atoms with Crippen molar-refractivity contribution in [1.29, 1.82) is 0 Å². The highest BCUT2D eigenvalue weighted by molar-refractivity contribution is 7.54. The Morgan fingerprint density at radius 1 is 1.00 bits per heavy atom. The summed E-state index contributed by atoms with van der Waals surface area (Å²) in [5.41, 5.74) is 2.93. The van der Waals surface area contributed by atoms with Crippen LogP contribution >= 0.6 is 18.9 Å². The van der Waals surface area contributed by atoms with Gasteiger partial charge in [0.15, 0.2) is 10.9 Å². The molecular weight excluding hydrogens is 381 g/mol. The maximum atomic E-state index is 13.5. The fourth-order valence-corrected chi connectivity index (χ4v) is 5.26. The van der Waals surface area contributed by atoms with Gasteiger partial charge in [-0.2, -0.15) is 0 Å². The molecule has 3 aromatic rings. The van der Waals surface area contributed by atoms with Crippen LogP contribution in [-0.2, 0) is 13.6 Å². The predicted octanol–water partition coefficient (Wildman–Crippen LogP) is 5.58. The molecule has 0 amide bonds. The summed E-state index contributed by atoms with van der Waals surface area (Å²) in [5.74, 6) is -0.643. The van der Waals surface area contributed by atoms with Crippen LogP contribution in [0.1, 0.15) is 25.2 Å². The summed E-state index contributed by atoms with van der Waals surface area (Å²) in [7, 11) is -3.43. The van der Waals surface area contributed by atoms with Gasteiger partial charge in [0.2, 0.25) is 0 Å². The zero-order valence-corrected chi connectivity index (χ0v) is 17.0. The Kier molecular flexibility index (Phi) is 6.74. The zero-order valence-electron chi connectivity index (χ0n) is 15.2. The number of thiazole rings is 1. The van der Waals surface area contributed by atoms with Crippen LogP contribution < -0.4 is 5.32 Å². The number of hydrogen-bond donors (Lipinski definition) is 1. The number of pyridine rings is 1. The zero-order chi connectivity index (χ0) is 19.1. The quantitative estimate of drug-likeness (QED) is 0.470. The van der Waals surface area contributed by atoms with Crippen LogP contribution in [0.2, 0.25) is 0 Å². The molecule has 8 heteroatoms. The topological polar surface area (TPSA) is 73.3 Å². The van der Waals surface area contributed by atoms with E-state index in [1.54, 1.807) is 32.4 Å². The van der Waals surface area contributed by atoms with Gasteiger partial charge in [0.1, 0.15) is 0 Å². The Hall–Kier alpha value is -2.05. The Morgan fingerprint density at radius 2 is 1.63 bits per heavy atom. The number of anilines is 1. The first kappa shape index (κ1) is 19.7. The van der Waals surface area contributed by atoms with E-state index in [2.05, 4.69) is 15.3 Å². The Labute approximate surface area is 163 Å². The molecule has 0 saturated heterocycles. The average Bonchev–Trinajstić information content (AvgIpc) is 3.21. The van der Waals surface area contributed by atoms with Crippen molar-refractivity contribution in [3.8, 4) is 11.1 Å². The van der Waals surface area contributed by atoms with Gasteiger partial charge in [-0.15, -0.1) is 11.3 Å². The molecule has 6 nitrogen and oxygen atoms in total. The van der Waals surface area contributed by atoms with E-state index in [-0.39, 0.29) is 0 Å². The summed E-state index contributed by atoms with van der Waals surface area (Å²) < 4.78 is 24.6. The van der Waals surface area contributed by atoms with Crippen molar-refractivity contribution < 1.29 is 13.6 Å². The van der Waals surface area contributed by atoms with E-state index < -0.39 is 13.4 Å². The fraction of sp³-hybridized carbons (Fsp3) is 0.263. The van der Waals surface area contributed by atoms with Crippen molar-refractivity contribution in [1.82, 2.24) is 9.97 Å². The largest absolute Gasteiger partial charge is 0.357 e. The molecule has 2 aromatic heterocycles. The number of aromatic nitrogens is 2. The minimum absolute atomic E-state index is 0.294. The minimum atomic E-state index is -3.43. The lowest BCUT2D eigenvalue weighted by molar-refractivity contribution is 0.214. The highest BCUT2D eigenvalue weighted by Crippen LogP contribution is 2.60. The maximum absolute atomic E-state index is 13.5. The summed E-state index contributed by atoms with van der Waals surface area (Å²) in [5, 5.41) is 5.75. The molecule has 27 heavy (non-hydrogen) atoms. The monoisotopic (exact) mass is 403 g/mol. The van der Waals surface area contributed by atoms with E-state index >= 15 is 0 Å². The summed E-state index contributed by atoms with van der Waals surface area (Å²) >= 11 is 1.44. The predicted molar refractivity (Wildman–Crippen MR) is 109 cm³/mol. The lowest BCUT2D eigenvalue weighted by atomic mass is 10.1. The summed E-state index contributed by atoms with van der Waals surface area (Å²) in [6.07, 6.45) is 5.21. The van der Waals surface area contributed by atoms with Crippen LogP contribution in [-0.4, -0.2) is 23.2 Å². The van der Waals surface area contributed by atoms with Gasteiger partial charge in [-0.25, -0.2) is 4.98 Å². The molecule has 2 heterocycles. The van der Waals surface area contributed by atoms with Crippen molar-refractivity contribution in [3.63, 3.8) is 0 Å². The van der Waals surface area contributed by atoms with Crippen molar-refractivity contribution >= 4 is 24.1 Å². The normalized spacial score (nSPS) is 12.7. The van der Waals surface area contributed by atoms with Gasteiger partial charge >= 0.3 is 7.60 Å². The Balaban J connectivity index is 1.95. The fourth-order valence-electron chi connectivity index (χ4n) is 2.71. The average molecular weight is 403 g/mol. The van der Waals surface area contributed by atoms with Crippen LogP contribution in [0, 0.1) is 0 Å². The molecule has 3 rings (SSSR count). The van der Waals surface area contributed by atoms with Crippen molar-refractivity contribution in [2.75, 3.05) is 18.5 Å². The third-order valence-electron chi connectivity index (χ3n) is 3.87. The molecule has 0 bridgehead atoms. The van der Waals surface area contributed by atoms with E-state index in [1.165, 1.54) is 11.3 Å². The highest BCUT2D eigenvalue weighted by atomic mass is 32.1. The first-order valence-electron chi connectivity index (χ1n) is 8.71. The van der Waals surface area contributed by atoms with Crippen molar-refractivity contribution in [2.45, 2.75) is 19.6 Å². The van der Waals surface area contributed by atoms with Gasteiger partial charge in [-0.3, -0.25) is 9.55 Å². The number of rotatable bonds is 9. The first-order valence-corrected chi connectivity index (χ1v) is 11.2. The molecule has 0 spiro atoms. The third-order valence-corrected chi connectivity index (χ3v) is 6.87. The molecule has 0 radical (unpaired) electrons. The molecular formula is C19H22N3O3PS. The molecule has 0 saturated carbocycles. The van der Waals surface area contributed by atoms with Gasteiger partial charge < -0.3 is 14.4 Å². The molecule has 0 aliphatic rings. The molecule has 1 unspecified atom stereocenters. The molecule has 1 atom stereocenters. The second-order valence-electron chi connectivity index (χ2n) is 5.62. The van der Waals surface area contributed by atoms with E-state index in [1.807, 2.05) is 41.8 Å². The lowest BCUT2D eigenvalue weighted by Crippen LogP contribution is -2.15. The van der Waals surface area contributed by atoms with Crippen LogP contribution in [0.15, 0.2) is 60.4 Å². The molecule has 0 aliphatic heterocycles. The SMILES string of the molecule is CCOP(=O)(OCC)C(Nc1nccs1)c1ccc(-c2ccncc2)cc1. The van der Waals surface area contributed by atoms with Crippen LogP contribution in [0.4, 0.5) is 5.13 Å². The van der Waals surface area contributed by atoms with Crippen molar-refractivity contribution in [2.24, 2.45) is 0 Å². The Morgan fingerprint density at radius 3 is 2.19 bits per heavy atom. The molecule has 142 valence electrons. The van der Waals surface area contributed by atoms with Gasteiger partial charge in [-0.05, 0) is 42.7 Å². The number of benzene rings is 1. The maximum Gasteiger partial charge on any atom is 0.357 e. The van der Waals surface area contributed by atoms with Gasteiger partial charge in [0.05, 0.1) is 13.2 Å². The van der Waals surface area contributed by atoms with E-state index in [0.29, 0.717) is 18.3 Å². The summed E-state index contributed by atoms with van der Waals surface area (Å²) in [6, 6.07) is 11.8. The summed E-state index contributed by atoms with van der Waals surface area (Å²) in [4.78, 5) is 8.29. The van der Waals surface area contributed by atoms with Crippen LogP contribution in [0.25, 0.3) is 11.1 Å². The second kappa shape index (κ2) is 9.24. The number of hydrogen-bond acceptors (Lipinski definition) is 7. The number of nitrogens with zero attached hydrogens (tertiary/aromatic N) is 2. The third kappa shape index (κ3) is 4.82. The Bertz CT molecular complexity index is 863. The van der Waals surface area contributed by atoms with E-state index in [4.69, 9.17) is 9.05 Å². The molecule has 1 aromatic carbocycles. The smallest absolute Gasteiger partial charge is 0.344 e. The summed E-state index contributed by atoms with van der Waals surface area (Å²) in [6.45, 7) is 4.20. The second-order valence-corrected chi connectivity index (χ2v) is 8.62. The highest BCUT2D eigenvalue weighted by Gasteiger charge is 2.37. The molecule has 0 aliphatic carbocycles. The van der Waals surface area contributed by atoms with Crippen LogP contribution in [0.3, 0.4) is 0 Å². The van der Waals surface area contributed by atoms with Gasteiger partial charge in [0.25, 0.3) is 0 Å². The van der Waals surface area contributed by atoms with Gasteiger partial charge in [-0.1, -0.05) is 24.3 Å². The first-order chi connectivity index (χ1) is 13.2. The van der Waals surface area contributed by atoms with Crippen molar-refractivity contribution in [3.05, 3.63) is 65.9 Å². The number of nitrogens with one attached hydrogen (secondary N) is 1. The lowest BCUT2D eigenvalue weighted by Gasteiger charge is -2.27. The van der Waals surface area contributed by atoms with E-state index in [0.717, 1.165) is 16.7 Å². The molecule has 0 fully saturated rings. The minimum Gasteiger partial charge on any atom is -0.344 e. The van der Waals surface area contributed by atoms with Gasteiger partial charge in [0, 0.05) is 24.0 Å². The van der Waals surface area contributed by atoms with E-state index in [9.17, 15) is 4.57 Å². The standard InChI is InChI=1S/C19H22N3O3PS/c1-3-24-26(23,25-4-2)18(22-19-21-13-14-27-19)17-7-5-15(6-8-17)16-9-11-20-12-10-16/h5-14,18H,3-4H2,1-2H3,(H,21,22). The van der Waals surface area contributed by atoms with Crippen LogP contribution in [0.5, 0.6) is 0 Å².